The Morgan fingerprint density at radius 3 is 2.29 bits per heavy atom. The van der Waals surface area contributed by atoms with Crippen LogP contribution in [-0.4, -0.2) is 53.2 Å². The molecule has 0 aliphatic heterocycles. The van der Waals surface area contributed by atoms with Crippen molar-refractivity contribution in [3.63, 3.8) is 0 Å². The first-order chi connectivity index (χ1) is 6.85. The van der Waals surface area contributed by atoms with Crippen LogP contribution in [0.15, 0.2) is 0 Å². The zero-order valence-corrected chi connectivity index (χ0v) is 9.54. The van der Waals surface area contributed by atoms with Gasteiger partial charge in [-0.25, -0.2) is 0 Å². The highest BCUT2D eigenvalue weighted by atomic mass is 16.5. The van der Waals surface area contributed by atoms with Gasteiger partial charge >= 0.3 is 0 Å². The minimum Gasteiger partial charge on any atom is -0.382 e. The number of hydrogen-bond acceptors (Lipinski definition) is 4. The summed E-state index contributed by atoms with van der Waals surface area (Å²) in [5.41, 5.74) is 0. The molecule has 0 rings (SSSR count). The molecule has 0 aliphatic carbocycles. The Labute approximate surface area is 86.9 Å². The van der Waals surface area contributed by atoms with Gasteiger partial charge in [0, 0.05) is 13.2 Å². The van der Waals surface area contributed by atoms with Gasteiger partial charge in [0.05, 0.1) is 33.0 Å². The molecule has 0 saturated heterocycles. The van der Waals surface area contributed by atoms with E-state index >= 15 is 0 Å². The van der Waals surface area contributed by atoms with Gasteiger partial charge in [0.25, 0.3) is 0 Å². The Kier molecular flexibility index (Phi) is 10.8. The fraction of sp³-hybridized carbons (Fsp3) is 1.00. The molecular weight excluding hydrogens is 182 g/mol. The third-order valence-electron chi connectivity index (χ3n) is 2.02. The van der Waals surface area contributed by atoms with Gasteiger partial charge in [-0.2, -0.15) is 0 Å². The van der Waals surface area contributed by atoms with Crippen LogP contribution in [0.5, 0.6) is 0 Å². The molecule has 14 heavy (non-hydrogen) atoms. The Bertz CT molecular complexity index is 108. The lowest BCUT2D eigenvalue weighted by atomic mass is 10.2. The lowest BCUT2D eigenvalue weighted by molar-refractivity contribution is 0.0197. The molecule has 4 heteroatoms. The van der Waals surface area contributed by atoms with Crippen LogP contribution >= 0.6 is 0 Å². The average molecular weight is 205 g/mol. The lowest BCUT2D eigenvalue weighted by Gasteiger charge is -2.13. The Morgan fingerprint density at radius 1 is 1.07 bits per heavy atom. The second-order valence-corrected chi connectivity index (χ2v) is 3.07. The van der Waals surface area contributed by atoms with E-state index < -0.39 is 0 Å². The Balaban J connectivity index is 3.04. The van der Waals surface area contributed by atoms with Crippen molar-refractivity contribution in [2.24, 2.45) is 0 Å². The van der Waals surface area contributed by atoms with E-state index in [0.717, 1.165) is 13.0 Å². The van der Waals surface area contributed by atoms with Crippen molar-refractivity contribution in [1.29, 1.82) is 0 Å². The van der Waals surface area contributed by atoms with Gasteiger partial charge in [-0.15, -0.1) is 0 Å². The number of nitrogens with one attached hydrogen (secondary N) is 1. The number of rotatable bonds is 10. The lowest BCUT2D eigenvalue weighted by Crippen LogP contribution is -2.30. The van der Waals surface area contributed by atoms with Crippen LogP contribution in [0.3, 0.4) is 0 Å². The molecule has 0 bridgehead atoms. The second-order valence-electron chi connectivity index (χ2n) is 3.07. The van der Waals surface area contributed by atoms with Gasteiger partial charge in [-0.05, 0) is 13.5 Å². The molecule has 1 N–H and O–H groups in total. The molecule has 0 fully saturated rings. The molecule has 0 radical (unpaired) electrons. The maximum absolute atomic E-state index is 5.43. The third-order valence-corrected chi connectivity index (χ3v) is 2.02. The summed E-state index contributed by atoms with van der Waals surface area (Å²) in [6.07, 6.45) is 1.08. The monoisotopic (exact) mass is 205 g/mol. The molecule has 0 aromatic heterocycles. The molecule has 0 heterocycles. The van der Waals surface area contributed by atoms with Crippen LogP contribution in [0.1, 0.15) is 13.3 Å². The highest BCUT2D eigenvalue weighted by Crippen LogP contribution is 1.90. The third kappa shape index (κ3) is 8.44. The quantitative estimate of drug-likeness (QED) is 0.532. The summed E-state index contributed by atoms with van der Waals surface area (Å²) in [6.45, 7) is 5.48. The SMILES string of the molecule is CCC(COCCOCCOC)NC. The first kappa shape index (κ1) is 13.8. The smallest absolute Gasteiger partial charge is 0.0701 e. The zero-order valence-electron chi connectivity index (χ0n) is 9.54. The summed E-state index contributed by atoms with van der Waals surface area (Å²) in [5.74, 6) is 0. The Hall–Kier alpha value is -0.160. The van der Waals surface area contributed by atoms with Crippen molar-refractivity contribution in [3.8, 4) is 0 Å². The van der Waals surface area contributed by atoms with Crippen LogP contribution in [0, 0.1) is 0 Å². The zero-order chi connectivity index (χ0) is 10.6. The molecule has 4 nitrogen and oxygen atoms in total. The topological polar surface area (TPSA) is 39.7 Å². The van der Waals surface area contributed by atoms with E-state index in [9.17, 15) is 0 Å². The highest BCUT2D eigenvalue weighted by Gasteiger charge is 2.01. The molecule has 1 unspecified atom stereocenters. The molecule has 0 aliphatic rings. The largest absolute Gasteiger partial charge is 0.382 e. The summed E-state index contributed by atoms with van der Waals surface area (Å²) in [5, 5.41) is 3.18. The van der Waals surface area contributed by atoms with Crippen molar-refractivity contribution < 1.29 is 14.2 Å². The van der Waals surface area contributed by atoms with E-state index in [-0.39, 0.29) is 0 Å². The molecule has 86 valence electrons. The van der Waals surface area contributed by atoms with Crippen molar-refractivity contribution in [2.75, 3.05) is 47.2 Å². The van der Waals surface area contributed by atoms with Crippen molar-refractivity contribution in [3.05, 3.63) is 0 Å². The van der Waals surface area contributed by atoms with Gasteiger partial charge in [-0.1, -0.05) is 6.92 Å². The number of likely N-dealkylation sites (N-methyl/N-ethyl adjacent to an activating group) is 1. The van der Waals surface area contributed by atoms with Gasteiger partial charge < -0.3 is 19.5 Å². The van der Waals surface area contributed by atoms with E-state index in [4.69, 9.17) is 14.2 Å². The Morgan fingerprint density at radius 2 is 1.71 bits per heavy atom. The maximum Gasteiger partial charge on any atom is 0.0701 e. The molecular formula is C10H23NO3. The molecule has 0 aromatic rings. The van der Waals surface area contributed by atoms with Crippen LogP contribution in [0.25, 0.3) is 0 Å². The minimum atomic E-state index is 0.453. The summed E-state index contributed by atoms with van der Waals surface area (Å²) < 4.78 is 15.5. The summed E-state index contributed by atoms with van der Waals surface area (Å²) in [7, 11) is 3.62. The summed E-state index contributed by atoms with van der Waals surface area (Å²) in [6, 6.07) is 0.453. The predicted molar refractivity (Wildman–Crippen MR) is 56.7 cm³/mol. The predicted octanol–water partition coefficient (Wildman–Crippen LogP) is 0.664. The van der Waals surface area contributed by atoms with E-state index in [2.05, 4.69) is 12.2 Å². The molecule has 0 amide bonds. The number of methoxy groups -OCH3 is 1. The van der Waals surface area contributed by atoms with Crippen molar-refractivity contribution >= 4 is 0 Å². The van der Waals surface area contributed by atoms with E-state index in [1.165, 1.54) is 0 Å². The highest BCUT2D eigenvalue weighted by molar-refractivity contribution is 4.59. The minimum absolute atomic E-state index is 0.453. The first-order valence-electron chi connectivity index (χ1n) is 5.16. The van der Waals surface area contributed by atoms with Crippen molar-refractivity contribution in [2.45, 2.75) is 19.4 Å². The van der Waals surface area contributed by atoms with Gasteiger partial charge in [-0.3, -0.25) is 0 Å². The molecule has 1 atom stereocenters. The van der Waals surface area contributed by atoms with Gasteiger partial charge in [0.15, 0.2) is 0 Å². The second kappa shape index (κ2) is 10.9. The average Bonchev–Trinajstić information content (AvgIpc) is 2.22. The first-order valence-corrected chi connectivity index (χ1v) is 5.16. The van der Waals surface area contributed by atoms with Gasteiger partial charge in [0.2, 0.25) is 0 Å². The maximum atomic E-state index is 5.43. The fourth-order valence-corrected chi connectivity index (χ4v) is 0.993. The van der Waals surface area contributed by atoms with Crippen LogP contribution in [0.4, 0.5) is 0 Å². The normalized spacial score (nSPS) is 13.1. The molecule has 0 aromatic carbocycles. The molecule has 0 saturated carbocycles. The number of ether oxygens (including phenoxy) is 3. The summed E-state index contributed by atoms with van der Waals surface area (Å²) >= 11 is 0. The summed E-state index contributed by atoms with van der Waals surface area (Å²) in [4.78, 5) is 0. The van der Waals surface area contributed by atoms with Gasteiger partial charge in [0.1, 0.15) is 0 Å². The standard InChI is InChI=1S/C10H23NO3/c1-4-10(11-2)9-14-8-7-13-6-5-12-3/h10-11H,4-9H2,1-3H3. The molecule has 0 spiro atoms. The fourth-order valence-electron chi connectivity index (χ4n) is 0.993. The van der Waals surface area contributed by atoms with Crippen molar-refractivity contribution in [1.82, 2.24) is 5.32 Å². The van der Waals surface area contributed by atoms with Crippen LogP contribution in [0.2, 0.25) is 0 Å². The van der Waals surface area contributed by atoms with E-state index in [1.807, 2.05) is 7.05 Å². The van der Waals surface area contributed by atoms with E-state index in [1.54, 1.807) is 7.11 Å². The van der Waals surface area contributed by atoms with E-state index in [0.29, 0.717) is 32.5 Å². The van der Waals surface area contributed by atoms with Crippen LogP contribution < -0.4 is 5.32 Å². The van der Waals surface area contributed by atoms with Crippen LogP contribution in [-0.2, 0) is 14.2 Å². The number of hydrogen-bond donors (Lipinski definition) is 1.